The van der Waals surface area contributed by atoms with E-state index in [2.05, 4.69) is 66.8 Å². The first-order chi connectivity index (χ1) is 21.1. The molecule has 0 saturated heterocycles. The van der Waals surface area contributed by atoms with Crippen molar-refractivity contribution >= 4 is 28.5 Å². The second kappa shape index (κ2) is 19.8. The van der Waals surface area contributed by atoms with E-state index in [1.807, 2.05) is 65.0 Å². The normalized spacial score (nSPS) is 12.6. The molecular formula is C34H53N5O4S. The second-order valence-corrected chi connectivity index (χ2v) is 11.4. The van der Waals surface area contributed by atoms with Gasteiger partial charge >= 0.3 is 11.7 Å². The maximum absolute atomic E-state index is 11.0. The van der Waals surface area contributed by atoms with E-state index in [0.29, 0.717) is 41.2 Å². The summed E-state index contributed by atoms with van der Waals surface area (Å²) in [5, 5.41) is 4.66. The minimum Gasteiger partial charge on any atom is -0.424 e. The standard InChI is InChI=1S/C10H11NO2.C9H10N2O2.C9H14N2S.3C2H6/c1-6(2)7-3-4-11-8-5-9(12)13-10(7)8;1-5(2)6-3-7-8(10-4-6)11-9(12)13-7;1-6(2)9-11-7-3-4-10-5-8(7)12-9;3*1-2/h3-4,6H,5H2,1-2H3;3-5H,1-2H3,(H,10,11,12);6,10H,3-5H2,1-2H3;3*1-2H3. The first-order valence-electron chi connectivity index (χ1n) is 16.0. The zero-order valence-electron chi connectivity index (χ0n) is 28.8. The Morgan fingerprint density at radius 2 is 1.57 bits per heavy atom. The molecule has 6 heterocycles. The van der Waals surface area contributed by atoms with E-state index in [-0.39, 0.29) is 5.97 Å². The number of carbonyl (C=O) groups is 1. The molecule has 0 saturated carbocycles. The van der Waals surface area contributed by atoms with Gasteiger partial charge in [0.2, 0.25) is 0 Å². The third-order valence-electron chi connectivity index (χ3n) is 6.23. The van der Waals surface area contributed by atoms with Crippen molar-refractivity contribution in [2.45, 2.75) is 120 Å². The number of hydrogen-bond acceptors (Lipinski definition) is 9. The van der Waals surface area contributed by atoms with Crippen molar-refractivity contribution in [3.05, 3.63) is 67.5 Å². The Kier molecular flexibility index (Phi) is 17.4. The van der Waals surface area contributed by atoms with Gasteiger partial charge in [-0.15, -0.1) is 11.3 Å². The number of pyridine rings is 2. The smallest absolute Gasteiger partial charge is 0.418 e. The molecule has 0 aliphatic carbocycles. The Balaban J connectivity index is 0.000000304. The number of esters is 1. The molecule has 44 heavy (non-hydrogen) atoms. The van der Waals surface area contributed by atoms with Gasteiger partial charge in [0.1, 0.15) is 0 Å². The summed E-state index contributed by atoms with van der Waals surface area (Å²) in [7, 11) is 0. The van der Waals surface area contributed by atoms with Crippen LogP contribution in [0.4, 0.5) is 0 Å². The summed E-state index contributed by atoms with van der Waals surface area (Å²) >= 11 is 1.87. The van der Waals surface area contributed by atoms with E-state index in [9.17, 15) is 9.59 Å². The van der Waals surface area contributed by atoms with E-state index < -0.39 is 5.76 Å². The largest absolute Gasteiger partial charge is 0.424 e. The molecule has 0 radical (unpaired) electrons. The van der Waals surface area contributed by atoms with Crippen LogP contribution in [0.1, 0.15) is 133 Å². The molecule has 10 heteroatoms. The third-order valence-corrected chi connectivity index (χ3v) is 7.63. The molecule has 4 aromatic rings. The number of oxazole rings is 1. The van der Waals surface area contributed by atoms with Gasteiger partial charge in [0.15, 0.2) is 17.0 Å². The number of rotatable bonds is 3. The zero-order valence-corrected chi connectivity index (χ0v) is 29.6. The van der Waals surface area contributed by atoms with Gasteiger partial charge in [0.05, 0.1) is 22.8 Å². The highest BCUT2D eigenvalue weighted by Crippen LogP contribution is 2.32. The number of aromatic nitrogens is 4. The van der Waals surface area contributed by atoms with Crippen molar-refractivity contribution in [3.63, 3.8) is 0 Å². The lowest BCUT2D eigenvalue weighted by Gasteiger charge is -2.09. The fourth-order valence-corrected chi connectivity index (χ4v) is 5.14. The van der Waals surface area contributed by atoms with Gasteiger partial charge in [0, 0.05) is 48.3 Å². The minimum atomic E-state index is -0.455. The fraction of sp³-hybridized carbons (Fsp3) is 0.559. The van der Waals surface area contributed by atoms with Crippen LogP contribution in [0.2, 0.25) is 0 Å². The van der Waals surface area contributed by atoms with Crippen LogP contribution in [-0.4, -0.2) is 32.4 Å². The first-order valence-corrected chi connectivity index (χ1v) is 16.8. The number of aromatic amines is 1. The molecule has 9 nitrogen and oxygen atoms in total. The zero-order chi connectivity index (χ0) is 33.4. The van der Waals surface area contributed by atoms with Gasteiger partial charge in [-0.2, -0.15) is 0 Å². The van der Waals surface area contributed by atoms with Crippen LogP contribution in [0.15, 0.2) is 33.7 Å². The summed E-state index contributed by atoms with van der Waals surface area (Å²) in [5.41, 5.74) is 5.27. The topological polar surface area (TPSA) is 123 Å². The van der Waals surface area contributed by atoms with Gasteiger partial charge in [-0.05, 0) is 29.5 Å². The molecule has 0 fully saturated rings. The van der Waals surface area contributed by atoms with Crippen LogP contribution < -0.4 is 15.8 Å². The van der Waals surface area contributed by atoms with Crippen LogP contribution in [0.3, 0.4) is 0 Å². The molecule has 2 aliphatic rings. The van der Waals surface area contributed by atoms with Crippen molar-refractivity contribution in [3.8, 4) is 5.75 Å². The minimum absolute atomic E-state index is 0.199. The SMILES string of the molecule is CC.CC.CC.CC(C)c1ccnc2c1OC(=O)C2.CC(C)c1cnc2[nH]c(=O)oc2c1.CC(C)c1nc2c(s1)CNCC2. The monoisotopic (exact) mass is 627 g/mol. The second-order valence-electron chi connectivity index (χ2n) is 10.3. The number of thiazole rings is 1. The average Bonchev–Trinajstić information content (AvgIpc) is 3.75. The highest BCUT2D eigenvalue weighted by Gasteiger charge is 2.25. The number of hydrogen-bond donors (Lipinski definition) is 2. The highest BCUT2D eigenvalue weighted by molar-refractivity contribution is 7.11. The van der Waals surface area contributed by atoms with Crippen molar-refractivity contribution in [1.82, 2.24) is 25.3 Å². The van der Waals surface area contributed by atoms with E-state index in [1.165, 1.54) is 15.6 Å². The number of ether oxygens (including phenoxy) is 1. The molecule has 0 atom stereocenters. The molecule has 2 aliphatic heterocycles. The molecular weight excluding hydrogens is 574 g/mol. The first kappa shape index (κ1) is 38.7. The molecule has 0 aromatic carbocycles. The fourth-order valence-electron chi connectivity index (χ4n) is 4.06. The number of H-pyrrole nitrogens is 1. The number of carbonyl (C=O) groups excluding carboxylic acids is 1. The predicted octanol–water partition coefficient (Wildman–Crippen LogP) is 8.30. The Morgan fingerprint density at radius 3 is 2.16 bits per heavy atom. The molecule has 0 unspecified atom stereocenters. The van der Waals surface area contributed by atoms with Gasteiger partial charge in [-0.1, -0.05) is 83.1 Å². The summed E-state index contributed by atoms with van der Waals surface area (Å²) in [4.78, 5) is 38.6. The van der Waals surface area contributed by atoms with Crippen molar-refractivity contribution < 1.29 is 13.9 Å². The molecule has 0 spiro atoms. The predicted molar refractivity (Wildman–Crippen MR) is 182 cm³/mol. The van der Waals surface area contributed by atoms with Crippen molar-refractivity contribution in [2.24, 2.45) is 0 Å². The summed E-state index contributed by atoms with van der Waals surface area (Å²) < 4.78 is 9.98. The van der Waals surface area contributed by atoms with Gasteiger partial charge < -0.3 is 14.5 Å². The summed E-state index contributed by atoms with van der Waals surface area (Å²) in [5.74, 6) is 1.36. The van der Waals surface area contributed by atoms with Crippen LogP contribution in [0, 0.1) is 0 Å². The summed E-state index contributed by atoms with van der Waals surface area (Å²) in [6.07, 6.45) is 4.91. The van der Waals surface area contributed by atoms with E-state index in [0.717, 1.165) is 36.3 Å². The third kappa shape index (κ3) is 11.0. The van der Waals surface area contributed by atoms with Crippen LogP contribution in [0.5, 0.6) is 5.75 Å². The number of fused-ring (bicyclic) bond motifs is 3. The quantitative estimate of drug-likeness (QED) is 0.218. The van der Waals surface area contributed by atoms with E-state index >= 15 is 0 Å². The lowest BCUT2D eigenvalue weighted by molar-refractivity contribution is -0.131. The Hall–Kier alpha value is -3.37. The van der Waals surface area contributed by atoms with E-state index in [1.54, 1.807) is 12.4 Å². The Bertz CT molecular complexity index is 1450. The maximum atomic E-state index is 11.0. The lowest BCUT2D eigenvalue weighted by atomic mass is 10.0. The summed E-state index contributed by atoms with van der Waals surface area (Å²) in [6.45, 7) is 26.8. The van der Waals surface area contributed by atoms with Gasteiger partial charge in [0.25, 0.3) is 0 Å². The Labute approximate surface area is 267 Å². The van der Waals surface area contributed by atoms with Crippen LogP contribution in [-0.2, 0) is 24.2 Å². The summed E-state index contributed by atoms with van der Waals surface area (Å²) in [6, 6.07) is 3.74. The highest BCUT2D eigenvalue weighted by atomic mass is 32.1. The van der Waals surface area contributed by atoms with Crippen molar-refractivity contribution in [2.75, 3.05) is 6.54 Å². The molecule has 2 N–H and O–H groups in total. The van der Waals surface area contributed by atoms with Gasteiger partial charge in [-0.25, -0.2) is 14.8 Å². The molecule has 4 aromatic heterocycles. The lowest BCUT2D eigenvalue weighted by Crippen LogP contribution is -2.22. The maximum Gasteiger partial charge on any atom is 0.418 e. The molecule has 6 rings (SSSR count). The van der Waals surface area contributed by atoms with Crippen LogP contribution >= 0.6 is 11.3 Å². The molecule has 244 valence electrons. The van der Waals surface area contributed by atoms with Crippen LogP contribution in [0.25, 0.3) is 11.2 Å². The average molecular weight is 628 g/mol. The van der Waals surface area contributed by atoms with Crippen molar-refractivity contribution in [1.29, 1.82) is 0 Å². The molecule has 0 bridgehead atoms. The number of nitrogens with one attached hydrogen (secondary N) is 2. The Morgan fingerprint density at radius 1 is 0.886 bits per heavy atom. The molecule has 0 amide bonds. The van der Waals surface area contributed by atoms with E-state index in [4.69, 9.17) is 9.15 Å². The van der Waals surface area contributed by atoms with Gasteiger partial charge in [-0.3, -0.25) is 14.8 Å². The number of nitrogens with zero attached hydrogens (tertiary/aromatic N) is 3.